The van der Waals surface area contributed by atoms with Gasteiger partial charge in [-0.3, -0.25) is 4.79 Å². The van der Waals surface area contributed by atoms with Crippen LogP contribution in [0.25, 0.3) is 0 Å². The minimum Gasteiger partial charge on any atom is -0.494 e. The van der Waals surface area contributed by atoms with E-state index in [1.807, 2.05) is 48.1 Å². The number of hydrogen-bond acceptors (Lipinski definition) is 3. The molecule has 6 heteroatoms. The molecular weight excluding hydrogens is 333 g/mol. The van der Waals surface area contributed by atoms with Crippen LogP contribution in [0.2, 0.25) is 0 Å². The summed E-state index contributed by atoms with van der Waals surface area (Å²) in [6, 6.07) is 13.8. The molecule has 0 aliphatic heterocycles. The van der Waals surface area contributed by atoms with Gasteiger partial charge >= 0.3 is 0 Å². The van der Waals surface area contributed by atoms with Gasteiger partial charge in [0, 0.05) is 19.4 Å². The minimum absolute atomic E-state index is 0.0642. The lowest BCUT2D eigenvalue weighted by Gasteiger charge is -2.19. The molecule has 1 aromatic heterocycles. The maximum absolute atomic E-state index is 13.8. The third-order valence-electron chi connectivity index (χ3n) is 4.14. The molecule has 1 amide bonds. The Morgan fingerprint density at radius 3 is 2.65 bits per heavy atom. The van der Waals surface area contributed by atoms with E-state index < -0.39 is 5.82 Å². The summed E-state index contributed by atoms with van der Waals surface area (Å²) >= 11 is 0. The third kappa shape index (κ3) is 3.91. The van der Waals surface area contributed by atoms with Crippen LogP contribution in [0, 0.1) is 5.82 Å². The number of aromatic nitrogens is 2. The lowest BCUT2D eigenvalue weighted by Crippen LogP contribution is -2.32. The van der Waals surface area contributed by atoms with Gasteiger partial charge in [0.2, 0.25) is 5.91 Å². The van der Waals surface area contributed by atoms with E-state index >= 15 is 0 Å². The van der Waals surface area contributed by atoms with Crippen molar-refractivity contribution in [3.8, 4) is 5.75 Å². The Hall–Kier alpha value is -3.15. The molecule has 1 heterocycles. The molecule has 0 saturated heterocycles. The van der Waals surface area contributed by atoms with Crippen LogP contribution >= 0.6 is 0 Å². The number of nitrogens with zero attached hydrogens (tertiary/aromatic N) is 2. The quantitative estimate of drug-likeness (QED) is 0.741. The van der Waals surface area contributed by atoms with Gasteiger partial charge in [0.05, 0.1) is 13.5 Å². The van der Waals surface area contributed by atoms with Crippen LogP contribution in [-0.2, 0) is 18.3 Å². The fourth-order valence-electron chi connectivity index (χ4n) is 2.82. The van der Waals surface area contributed by atoms with Crippen molar-refractivity contribution in [3.05, 3.63) is 83.7 Å². The van der Waals surface area contributed by atoms with Crippen LogP contribution < -0.4 is 10.1 Å². The maximum atomic E-state index is 13.8. The first-order valence-electron chi connectivity index (χ1n) is 8.22. The highest BCUT2D eigenvalue weighted by atomic mass is 19.1. The molecule has 0 aliphatic carbocycles. The number of carbonyl (C=O) groups is 1. The highest BCUT2D eigenvalue weighted by Crippen LogP contribution is 2.21. The van der Waals surface area contributed by atoms with E-state index in [-0.39, 0.29) is 24.1 Å². The Morgan fingerprint density at radius 2 is 2.04 bits per heavy atom. The fraction of sp³-hybridized carbons (Fsp3) is 0.200. The number of benzene rings is 2. The average molecular weight is 353 g/mol. The predicted molar refractivity (Wildman–Crippen MR) is 96.3 cm³/mol. The molecule has 0 radical (unpaired) electrons. The summed E-state index contributed by atoms with van der Waals surface area (Å²) in [5.41, 5.74) is 1.50. The van der Waals surface area contributed by atoms with Gasteiger partial charge in [-0.25, -0.2) is 9.37 Å². The number of amides is 1. The molecule has 0 saturated carbocycles. The molecule has 134 valence electrons. The second-order valence-corrected chi connectivity index (χ2v) is 5.95. The van der Waals surface area contributed by atoms with Crippen LogP contribution in [0.15, 0.2) is 60.9 Å². The second-order valence-electron chi connectivity index (χ2n) is 5.95. The predicted octanol–water partition coefficient (Wildman–Crippen LogP) is 3.02. The monoisotopic (exact) mass is 353 g/mol. The molecule has 1 N–H and O–H groups in total. The zero-order valence-electron chi connectivity index (χ0n) is 14.6. The Labute approximate surface area is 151 Å². The van der Waals surface area contributed by atoms with Crippen molar-refractivity contribution in [1.82, 2.24) is 14.9 Å². The number of hydrogen-bond donors (Lipinski definition) is 1. The number of nitrogens with one attached hydrogen (secondary N) is 1. The largest absolute Gasteiger partial charge is 0.494 e. The van der Waals surface area contributed by atoms with Gasteiger partial charge in [-0.05, 0) is 23.3 Å². The Bertz CT molecular complexity index is 893. The molecular formula is C20H20FN3O2. The number of carbonyl (C=O) groups excluding carboxylic acids is 1. The van der Waals surface area contributed by atoms with Gasteiger partial charge in [-0.2, -0.15) is 0 Å². The summed E-state index contributed by atoms with van der Waals surface area (Å²) in [6.45, 7) is 0. The average Bonchev–Trinajstić information content (AvgIpc) is 3.06. The van der Waals surface area contributed by atoms with Crippen LogP contribution in [0.1, 0.15) is 23.0 Å². The van der Waals surface area contributed by atoms with Crippen LogP contribution in [0.3, 0.4) is 0 Å². The van der Waals surface area contributed by atoms with Crippen molar-refractivity contribution in [2.45, 2.75) is 12.5 Å². The van der Waals surface area contributed by atoms with Crippen molar-refractivity contribution in [2.24, 2.45) is 7.05 Å². The zero-order valence-corrected chi connectivity index (χ0v) is 14.6. The van der Waals surface area contributed by atoms with Crippen LogP contribution in [0.4, 0.5) is 4.39 Å². The standard InChI is InChI=1S/C20H20FN3O2/c1-24-11-10-22-20(24)19(15-6-4-3-5-7-15)23-18(25)13-14-8-9-17(26-2)16(21)12-14/h3-12,19H,13H2,1-2H3,(H,23,25)/t19-/m1/s1. The fourth-order valence-corrected chi connectivity index (χ4v) is 2.82. The second kappa shape index (κ2) is 7.82. The van der Waals surface area contributed by atoms with Crippen LogP contribution in [0.5, 0.6) is 5.75 Å². The Balaban J connectivity index is 1.80. The van der Waals surface area contributed by atoms with Crippen molar-refractivity contribution in [2.75, 3.05) is 7.11 Å². The molecule has 0 unspecified atom stereocenters. The van der Waals surface area contributed by atoms with E-state index in [4.69, 9.17) is 4.74 Å². The molecule has 5 nitrogen and oxygen atoms in total. The lowest BCUT2D eigenvalue weighted by molar-refractivity contribution is -0.121. The van der Waals surface area contributed by atoms with E-state index in [1.54, 1.807) is 12.3 Å². The summed E-state index contributed by atoms with van der Waals surface area (Å²) in [5, 5.41) is 3.00. The molecule has 2 aromatic carbocycles. The minimum atomic E-state index is -0.485. The molecule has 1 atom stereocenters. The van der Waals surface area contributed by atoms with Crippen molar-refractivity contribution >= 4 is 5.91 Å². The molecule has 26 heavy (non-hydrogen) atoms. The highest BCUT2D eigenvalue weighted by Gasteiger charge is 2.20. The highest BCUT2D eigenvalue weighted by molar-refractivity contribution is 5.79. The number of methoxy groups -OCH3 is 1. The SMILES string of the molecule is COc1ccc(CC(=O)N[C@H](c2ccccc2)c2nccn2C)cc1F. The maximum Gasteiger partial charge on any atom is 0.225 e. The number of halogens is 1. The molecule has 0 fully saturated rings. The topological polar surface area (TPSA) is 56.1 Å². The molecule has 0 aliphatic rings. The summed E-state index contributed by atoms with van der Waals surface area (Å²) in [5.74, 6) is 0.183. The zero-order chi connectivity index (χ0) is 18.5. The van der Waals surface area contributed by atoms with Gasteiger partial charge in [0.1, 0.15) is 11.9 Å². The molecule has 0 spiro atoms. The first kappa shape index (κ1) is 17.7. The van der Waals surface area contributed by atoms with Crippen LogP contribution in [-0.4, -0.2) is 22.6 Å². The number of imidazole rings is 1. The summed E-state index contributed by atoms with van der Waals surface area (Å²) < 4.78 is 20.6. The van der Waals surface area contributed by atoms with Gasteiger partial charge in [0.15, 0.2) is 11.6 Å². The van der Waals surface area contributed by atoms with Crippen molar-refractivity contribution in [3.63, 3.8) is 0 Å². The first-order chi connectivity index (χ1) is 12.6. The summed E-state index contributed by atoms with van der Waals surface area (Å²) in [6.07, 6.45) is 3.58. The number of ether oxygens (including phenoxy) is 1. The number of rotatable bonds is 6. The van der Waals surface area contributed by atoms with Gasteiger partial charge in [-0.1, -0.05) is 36.4 Å². The van der Waals surface area contributed by atoms with E-state index in [9.17, 15) is 9.18 Å². The van der Waals surface area contributed by atoms with E-state index in [0.29, 0.717) is 5.56 Å². The van der Waals surface area contributed by atoms with Gasteiger partial charge in [0.25, 0.3) is 0 Å². The molecule has 3 rings (SSSR count). The smallest absolute Gasteiger partial charge is 0.225 e. The van der Waals surface area contributed by atoms with E-state index in [1.165, 1.54) is 19.2 Å². The summed E-state index contributed by atoms with van der Waals surface area (Å²) in [7, 11) is 3.28. The summed E-state index contributed by atoms with van der Waals surface area (Å²) in [4.78, 5) is 16.9. The third-order valence-corrected chi connectivity index (χ3v) is 4.14. The Kier molecular flexibility index (Phi) is 5.31. The normalized spacial score (nSPS) is 11.8. The van der Waals surface area contributed by atoms with Gasteiger partial charge < -0.3 is 14.6 Å². The first-order valence-corrected chi connectivity index (χ1v) is 8.22. The van der Waals surface area contributed by atoms with Gasteiger partial charge in [-0.15, -0.1) is 0 Å². The van der Waals surface area contributed by atoms with Crippen molar-refractivity contribution in [1.29, 1.82) is 0 Å². The molecule has 0 bridgehead atoms. The molecule has 3 aromatic rings. The number of aryl methyl sites for hydroxylation is 1. The van der Waals surface area contributed by atoms with Crippen molar-refractivity contribution < 1.29 is 13.9 Å². The van der Waals surface area contributed by atoms with E-state index in [2.05, 4.69) is 10.3 Å². The van der Waals surface area contributed by atoms with E-state index in [0.717, 1.165) is 11.4 Å². The Morgan fingerprint density at radius 1 is 1.27 bits per heavy atom. The lowest BCUT2D eigenvalue weighted by atomic mass is 10.1.